The molecule has 5 aliphatic rings. The molecule has 25 atom stereocenters. The van der Waals surface area contributed by atoms with Crippen LogP contribution in [0.2, 0.25) is 0 Å². The van der Waals surface area contributed by atoms with E-state index < -0.39 is 172 Å². The van der Waals surface area contributed by atoms with Gasteiger partial charge in [0.2, 0.25) is 5.91 Å². The second-order valence-electron chi connectivity index (χ2n) is 14.7. The SMILES string of the molecule is CC(=O)N[C@@H]1[C@@H](O[C@@H]2O[C@@H](C)[C@H](O[C@@H]3O[C@@H](C)[C@H](O)[C@@H](O[C@@H]4O[C@@H](C)[C@H](O)[C@@H](O[C@H]5O[C@H](C(=O)O)[C@@H](O)[C@H](O)[C@H]5O)[C@H]4O)[C@H]3O)[C@@H](O)[C@H]2O)[C@H](O)[C@@H](CO)O[C@H]1O. The predicted molar refractivity (Wildman–Crippen MR) is 174 cm³/mol. The molecular formula is C32H53NO24. The van der Waals surface area contributed by atoms with Crippen molar-refractivity contribution in [3.05, 3.63) is 0 Å². The zero-order valence-electron chi connectivity index (χ0n) is 30.9. The maximum atomic E-state index is 11.8. The summed E-state index contributed by atoms with van der Waals surface area (Å²) in [7, 11) is 0. The topological polar surface area (TPSA) is 392 Å². The molecule has 0 radical (unpaired) electrons. The molecule has 1 amide bonds. The van der Waals surface area contributed by atoms with Crippen molar-refractivity contribution in [2.24, 2.45) is 0 Å². The molecule has 5 rings (SSSR count). The molecule has 0 spiro atoms. The van der Waals surface area contributed by atoms with Crippen LogP contribution in [-0.4, -0.2) is 238 Å². The summed E-state index contributed by atoms with van der Waals surface area (Å²) >= 11 is 0. The van der Waals surface area contributed by atoms with Crippen LogP contribution < -0.4 is 5.32 Å². The number of aliphatic hydroxyl groups excluding tert-OH is 12. The third-order valence-electron chi connectivity index (χ3n) is 10.6. The van der Waals surface area contributed by atoms with Gasteiger partial charge in [-0.05, 0) is 20.8 Å². The Hall–Kier alpha value is -1.90. The van der Waals surface area contributed by atoms with Gasteiger partial charge in [0.1, 0.15) is 97.6 Å². The monoisotopic (exact) mass is 835 g/mol. The van der Waals surface area contributed by atoms with E-state index in [1.807, 2.05) is 0 Å². The van der Waals surface area contributed by atoms with Crippen molar-refractivity contribution in [2.45, 2.75) is 181 Å². The molecule has 5 fully saturated rings. The number of nitrogens with one attached hydrogen (secondary N) is 1. The third kappa shape index (κ3) is 9.54. The molecule has 0 saturated carbocycles. The largest absolute Gasteiger partial charge is 0.479 e. The van der Waals surface area contributed by atoms with Crippen LogP contribution in [0.4, 0.5) is 0 Å². The normalized spacial score (nSPS) is 52.2. The van der Waals surface area contributed by atoms with E-state index in [1.54, 1.807) is 0 Å². The number of amides is 1. The molecule has 5 saturated heterocycles. The number of carboxylic acid groups (broad SMARTS) is 1. The van der Waals surface area contributed by atoms with Gasteiger partial charge in [0.25, 0.3) is 0 Å². The van der Waals surface area contributed by atoms with Gasteiger partial charge in [-0.2, -0.15) is 0 Å². The number of hydrogen-bond donors (Lipinski definition) is 14. The Bertz CT molecular complexity index is 1350. The van der Waals surface area contributed by atoms with Gasteiger partial charge in [-0.15, -0.1) is 0 Å². The van der Waals surface area contributed by atoms with Gasteiger partial charge in [0, 0.05) is 6.92 Å². The molecule has 57 heavy (non-hydrogen) atoms. The molecule has 25 nitrogen and oxygen atoms in total. The molecule has 14 N–H and O–H groups in total. The van der Waals surface area contributed by atoms with E-state index in [0.717, 1.165) is 6.92 Å². The summed E-state index contributed by atoms with van der Waals surface area (Å²) in [6.07, 6.45) is -41.6. The smallest absolute Gasteiger partial charge is 0.335 e. The first-order valence-corrected chi connectivity index (χ1v) is 18.2. The zero-order chi connectivity index (χ0) is 42.4. The number of hydrogen-bond acceptors (Lipinski definition) is 23. The van der Waals surface area contributed by atoms with Crippen molar-refractivity contribution in [3.63, 3.8) is 0 Å². The van der Waals surface area contributed by atoms with Crippen molar-refractivity contribution in [1.29, 1.82) is 0 Å². The van der Waals surface area contributed by atoms with E-state index in [2.05, 4.69) is 5.32 Å². The number of rotatable bonds is 11. The lowest BCUT2D eigenvalue weighted by Gasteiger charge is -2.49. The van der Waals surface area contributed by atoms with E-state index in [-0.39, 0.29) is 0 Å². The van der Waals surface area contributed by atoms with E-state index in [4.69, 9.17) is 42.6 Å². The number of carboxylic acids is 1. The van der Waals surface area contributed by atoms with Gasteiger partial charge in [0.05, 0.1) is 24.9 Å². The molecule has 5 aliphatic heterocycles. The molecule has 0 aromatic rings. The van der Waals surface area contributed by atoms with Crippen LogP contribution in [0, 0.1) is 0 Å². The molecular weight excluding hydrogens is 782 g/mol. The fraction of sp³-hybridized carbons (Fsp3) is 0.938. The number of ether oxygens (including phenoxy) is 9. The quantitative estimate of drug-likeness (QED) is 0.0919. The number of aliphatic carboxylic acids is 1. The molecule has 0 aromatic carbocycles. The van der Waals surface area contributed by atoms with Gasteiger partial charge < -0.3 is 114 Å². The fourth-order valence-corrected chi connectivity index (χ4v) is 7.27. The van der Waals surface area contributed by atoms with Gasteiger partial charge >= 0.3 is 5.97 Å². The third-order valence-corrected chi connectivity index (χ3v) is 10.6. The minimum Gasteiger partial charge on any atom is -0.479 e. The number of carbonyl (C=O) groups excluding carboxylic acids is 1. The van der Waals surface area contributed by atoms with Crippen molar-refractivity contribution in [3.8, 4) is 0 Å². The minimum atomic E-state index is -2.07. The van der Waals surface area contributed by atoms with Gasteiger partial charge in [-0.25, -0.2) is 4.79 Å². The van der Waals surface area contributed by atoms with Crippen LogP contribution >= 0.6 is 0 Å². The van der Waals surface area contributed by atoms with E-state index in [9.17, 15) is 76.0 Å². The van der Waals surface area contributed by atoms with E-state index in [0.29, 0.717) is 0 Å². The van der Waals surface area contributed by atoms with Crippen LogP contribution in [0.15, 0.2) is 0 Å². The van der Waals surface area contributed by atoms with Crippen LogP contribution in [0.25, 0.3) is 0 Å². The predicted octanol–water partition coefficient (Wildman–Crippen LogP) is -8.61. The zero-order valence-corrected chi connectivity index (χ0v) is 30.9. The Morgan fingerprint density at radius 2 is 0.947 bits per heavy atom. The highest BCUT2D eigenvalue weighted by molar-refractivity contribution is 5.73. The Morgan fingerprint density at radius 3 is 1.44 bits per heavy atom. The van der Waals surface area contributed by atoms with E-state index >= 15 is 0 Å². The lowest BCUT2D eigenvalue weighted by molar-refractivity contribution is -0.387. The van der Waals surface area contributed by atoms with Crippen LogP contribution in [0.3, 0.4) is 0 Å². The van der Waals surface area contributed by atoms with E-state index in [1.165, 1.54) is 20.8 Å². The maximum Gasteiger partial charge on any atom is 0.335 e. The molecule has 25 heteroatoms. The minimum absolute atomic E-state index is 0.651. The van der Waals surface area contributed by atoms with Crippen molar-refractivity contribution >= 4 is 11.9 Å². The average molecular weight is 836 g/mol. The summed E-state index contributed by atoms with van der Waals surface area (Å²) in [5.41, 5.74) is 0. The second kappa shape index (κ2) is 18.8. The van der Waals surface area contributed by atoms with Gasteiger partial charge in [-0.3, -0.25) is 4.79 Å². The highest BCUT2D eigenvalue weighted by Gasteiger charge is 2.56. The Labute approximate surface area is 323 Å². The Balaban J connectivity index is 1.26. The molecule has 0 unspecified atom stereocenters. The Morgan fingerprint density at radius 1 is 0.509 bits per heavy atom. The highest BCUT2D eigenvalue weighted by atomic mass is 16.8. The van der Waals surface area contributed by atoms with Crippen LogP contribution in [0.5, 0.6) is 0 Å². The maximum absolute atomic E-state index is 11.8. The van der Waals surface area contributed by atoms with Crippen molar-refractivity contribution in [1.82, 2.24) is 5.32 Å². The second-order valence-corrected chi connectivity index (χ2v) is 14.7. The summed E-state index contributed by atoms with van der Waals surface area (Å²) in [5, 5.41) is 140. The lowest BCUT2D eigenvalue weighted by Crippen LogP contribution is -2.68. The van der Waals surface area contributed by atoms with Crippen LogP contribution in [0.1, 0.15) is 27.7 Å². The van der Waals surface area contributed by atoms with Gasteiger partial charge in [-0.1, -0.05) is 0 Å². The summed E-state index contributed by atoms with van der Waals surface area (Å²) in [6.45, 7) is 4.40. The lowest BCUT2D eigenvalue weighted by atomic mass is 9.95. The van der Waals surface area contributed by atoms with Crippen LogP contribution in [-0.2, 0) is 52.2 Å². The summed E-state index contributed by atoms with van der Waals surface area (Å²) < 4.78 is 50.1. The summed E-state index contributed by atoms with van der Waals surface area (Å²) in [4.78, 5) is 23.4. The standard InChI is InChI=1S/C32H53NO24/c1-6-13(37)25(56-32-21(45)24(12(36)7(2)50-32)55-30-18(42)15(39)16(40)26(57-30)27(46)47)20(44)31(49-6)53-22-8(3)51-29(19(43)17(22)41)54-23-11(33-9(4)35)28(48)52-10(5-34)14(23)38/h6-8,10-26,28-32,34,36-45,48H,5H2,1-4H3,(H,33,35)(H,46,47)/t6-,7-,8-,10+,11+,12-,13-,14+,15-,16-,17-,18+,19+,20+,21+,22-,23+,24+,25+,26-,28+,29-,30-,31-,32-/m0/s1. The highest BCUT2D eigenvalue weighted by Crippen LogP contribution is 2.35. The Kier molecular flexibility index (Phi) is 15.2. The molecule has 5 heterocycles. The summed E-state index contributed by atoms with van der Waals surface area (Å²) in [6, 6.07) is -1.41. The first-order valence-electron chi connectivity index (χ1n) is 18.2. The molecule has 0 bridgehead atoms. The summed E-state index contributed by atoms with van der Waals surface area (Å²) in [5.74, 6) is -2.37. The molecule has 0 aromatic heterocycles. The van der Waals surface area contributed by atoms with Crippen molar-refractivity contribution in [2.75, 3.05) is 6.61 Å². The molecule has 330 valence electrons. The van der Waals surface area contributed by atoms with Gasteiger partial charge in [0.15, 0.2) is 37.6 Å². The number of aliphatic hydroxyl groups is 12. The number of carbonyl (C=O) groups is 2. The molecule has 0 aliphatic carbocycles. The first-order chi connectivity index (χ1) is 26.7. The van der Waals surface area contributed by atoms with Crippen molar-refractivity contribution < 1.29 is 119 Å². The first kappa shape index (κ1) is 46.2. The fourth-order valence-electron chi connectivity index (χ4n) is 7.27. The average Bonchev–Trinajstić information content (AvgIpc) is 3.15.